The van der Waals surface area contributed by atoms with Gasteiger partial charge in [0.25, 0.3) is 8.32 Å². The van der Waals surface area contributed by atoms with Crippen molar-refractivity contribution in [2.24, 2.45) is 4.99 Å². The maximum atomic E-state index is 7.54. The molecule has 3 aromatic heterocycles. The van der Waals surface area contributed by atoms with Crippen LogP contribution in [0.3, 0.4) is 0 Å². The third-order valence-electron chi connectivity index (χ3n) is 9.94. The predicted molar refractivity (Wildman–Crippen MR) is 190 cm³/mol. The third kappa shape index (κ3) is 5.08. The average Bonchev–Trinajstić information content (AvgIpc) is 3.81. The minimum Gasteiger partial charge on any atom is -0.404 e. The Morgan fingerprint density at radius 1 is 0.915 bits per heavy atom. The van der Waals surface area contributed by atoms with E-state index >= 15 is 0 Å². The molecule has 0 unspecified atom stereocenters. The van der Waals surface area contributed by atoms with Crippen molar-refractivity contribution >= 4 is 53.4 Å². The Bertz CT molecular complexity index is 1890. The van der Waals surface area contributed by atoms with Crippen LogP contribution in [0.2, 0.25) is 5.04 Å². The first-order valence-electron chi connectivity index (χ1n) is 16.7. The van der Waals surface area contributed by atoms with E-state index < -0.39 is 8.32 Å². The fraction of sp³-hybridized carbons (Fsp3) is 0.361. The van der Waals surface area contributed by atoms with E-state index in [1.54, 1.807) is 10.8 Å². The Labute approximate surface area is 276 Å². The van der Waals surface area contributed by atoms with E-state index in [1.165, 1.54) is 10.4 Å². The summed E-state index contributed by atoms with van der Waals surface area (Å²) in [7, 11) is -2.62. The number of fused-ring (bicyclic) bond motifs is 4. The number of nitrogens with zero attached hydrogens (tertiary/aromatic N) is 8. The molecule has 0 atom stereocenters. The highest BCUT2D eigenvalue weighted by Gasteiger charge is 2.52. The van der Waals surface area contributed by atoms with E-state index in [4.69, 9.17) is 19.4 Å². The van der Waals surface area contributed by atoms with Gasteiger partial charge in [0.2, 0.25) is 11.9 Å². The molecule has 8 rings (SSSR count). The van der Waals surface area contributed by atoms with Crippen LogP contribution in [0.4, 0.5) is 23.1 Å². The summed E-state index contributed by atoms with van der Waals surface area (Å²) >= 11 is 0. The average molecular weight is 644 g/mol. The van der Waals surface area contributed by atoms with E-state index in [0.29, 0.717) is 5.95 Å². The van der Waals surface area contributed by atoms with Gasteiger partial charge < -0.3 is 14.6 Å². The summed E-state index contributed by atoms with van der Waals surface area (Å²) in [5.41, 5.74) is 3.78. The molecule has 10 nitrogen and oxygen atoms in total. The molecule has 3 aliphatic rings. The van der Waals surface area contributed by atoms with Crippen LogP contribution in [-0.2, 0) is 4.43 Å². The number of aliphatic imine (C=N–C) groups is 1. The lowest BCUT2D eigenvalue weighted by atomic mass is 9.92. The lowest BCUT2D eigenvalue weighted by Gasteiger charge is -2.46. The molecule has 240 valence electrons. The SMILES string of the molecule is Cc1cc2ncnn2cc1Nc1ncc2c(n1)N(C1CCC(O[Si](c3ccccc3)(c3ccccc3)C(C)(C)C)CC1)C1=NCCN12. The van der Waals surface area contributed by atoms with Crippen molar-refractivity contribution in [1.82, 2.24) is 24.6 Å². The molecule has 0 amide bonds. The number of pyridine rings is 1. The molecule has 11 heteroatoms. The van der Waals surface area contributed by atoms with Crippen LogP contribution < -0.4 is 25.5 Å². The van der Waals surface area contributed by atoms with E-state index in [0.717, 1.165) is 73.1 Å². The summed E-state index contributed by atoms with van der Waals surface area (Å²) in [6.07, 6.45) is 9.59. The number of hydrogen-bond donors (Lipinski definition) is 1. The van der Waals surface area contributed by atoms with Crippen LogP contribution in [0.5, 0.6) is 0 Å². The highest BCUT2D eigenvalue weighted by atomic mass is 28.4. The monoisotopic (exact) mass is 643 g/mol. The Hall–Kier alpha value is -4.61. The summed E-state index contributed by atoms with van der Waals surface area (Å²) in [4.78, 5) is 23.7. The Kier molecular flexibility index (Phi) is 7.33. The first-order valence-corrected chi connectivity index (χ1v) is 18.6. The first-order chi connectivity index (χ1) is 22.8. The van der Waals surface area contributed by atoms with Gasteiger partial charge in [-0.3, -0.25) is 9.89 Å². The van der Waals surface area contributed by atoms with Gasteiger partial charge in [-0.2, -0.15) is 10.1 Å². The molecular weight excluding hydrogens is 603 g/mol. The molecule has 0 radical (unpaired) electrons. The summed E-state index contributed by atoms with van der Waals surface area (Å²) < 4.78 is 9.29. The van der Waals surface area contributed by atoms with Gasteiger partial charge >= 0.3 is 0 Å². The van der Waals surface area contributed by atoms with Crippen molar-refractivity contribution in [2.75, 3.05) is 28.2 Å². The number of anilines is 4. The molecule has 47 heavy (non-hydrogen) atoms. The van der Waals surface area contributed by atoms with E-state index in [9.17, 15) is 0 Å². The second kappa shape index (κ2) is 11.6. The van der Waals surface area contributed by atoms with Gasteiger partial charge in [-0.05, 0) is 59.6 Å². The van der Waals surface area contributed by atoms with E-state index in [2.05, 4.69) is 114 Å². The molecule has 1 fully saturated rings. The molecule has 1 saturated carbocycles. The number of nitrogens with one attached hydrogen (secondary N) is 1. The second-order valence-corrected chi connectivity index (χ2v) is 18.1. The number of guanidine groups is 1. The van der Waals surface area contributed by atoms with Gasteiger partial charge in [0.1, 0.15) is 12.0 Å². The molecule has 1 aliphatic carbocycles. The highest BCUT2D eigenvalue weighted by Crippen LogP contribution is 2.43. The van der Waals surface area contributed by atoms with Crippen LogP contribution in [0.1, 0.15) is 52.0 Å². The van der Waals surface area contributed by atoms with Crippen LogP contribution >= 0.6 is 0 Å². The topological polar surface area (TPSA) is 96.1 Å². The van der Waals surface area contributed by atoms with E-state index in [-0.39, 0.29) is 17.2 Å². The van der Waals surface area contributed by atoms with Crippen molar-refractivity contribution in [3.05, 3.63) is 91.0 Å². The van der Waals surface area contributed by atoms with Gasteiger partial charge in [-0.15, -0.1) is 0 Å². The van der Waals surface area contributed by atoms with Crippen molar-refractivity contribution < 1.29 is 4.43 Å². The van der Waals surface area contributed by atoms with Crippen LogP contribution in [0, 0.1) is 6.92 Å². The predicted octanol–water partition coefficient (Wildman–Crippen LogP) is 5.46. The zero-order valence-electron chi connectivity index (χ0n) is 27.5. The van der Waals surface area contributed by atoms with Gasteiger partial charge in [0.05, 0.1) is 24.6 Å². The van der Waals surface area contributed by atoms with Crippen LogP contribution in [0.15, 0.2) is 90.4 Å². The summed E-state index contributed by atoms with van der Waals surface area (Å²) in [6, 6.07) is 24.2. The number of benzene rings is 2. The largest absolute Gasteiger partial charge is 0.404 e. The van der Waals surface area contributed by atoms with Gasteiger partial charge in [0.15, 0.2) is 11.5 Å². The second-order valence-electron chi connectivity index (χ2n) is 13.9. The lowest BCUT2D eigenvalue weighted by molar-refractivity contribution is 0.136. The fourth-order valence-corrected chi connectivity index (χ4v) is 12.4. The molecule has 0 saturated heterocycles. The number of rotatable bonds is 7. The molecule has 2 aliphatic heterocycles. The van der Waals surface area contributed by atoms with Crippen LogP contribution in [0.25, 0.3) is 5.65 Å². The Balaban J connectivity index is 1.06. The number of hydrogen-bond acceptors (Lipinski definition) is 9. The molecule has 5 heterocycles. The molecule has 5 aromatic rings. The smallest absolute Gasteiger partial charge is 0.261 e. The first kappa shape index (κ1) is 29.8. The minimum atomic E-state index is -2.62. The van der Waals surface area contributed by atoms with Gasteiger partial charge in [-0.1, -0.05) is 81.4 Å². The Morgan fingerprint density at radius 2 is 1.62 bits per heavy atom. The molecule has 1 N–H and O–H groups in total. The zero-order chi connectivity index (χ0) is 32.2. The standard InChI is InChI=1S/C36H41N9OSi/c1-25-21-32-39-24-40-44(32)23-30(25)41-34-38-22-31-33(42-34)45(35-37-19-20-43(31)35)26-15-17-27(18-16-26)46-47(36(2,3)4,28-11-7-5-8-12-28)29-13-9-6-10-14-29/h5-14,21-24,26-27H,15-20H2,1-4H3,(H,38,41,42). The quantitative estimate of drug-likeness (QED) is 0.234. The van der Waals surface area contributed by atoms with Crippen LogP contribution in [-0.4, -0.2) is 64.1 Å². The minimum absolute atomic E-state index is 0.0450. The summed E-state index contributed by atoms with van der Waals surface area (Å²) in [6.45, 7) is 10.8. The molecule has 0 spiro atoms. The van der Waals surface area contributed by atoms with Crippen molar-refractivity contribution in [3.63, 3.8) is 0 Å². The molecule has 0 bridgehead atoms. The molecule has 2 aromatic carbocycles. The summed E-state index contributed by atoms with van der Waals surface area (Å²) in [5.74, 6) is 2.49. The van der Waals surface area contributed by atoms with Crippen molar-refractivity contribution in [1.29, 1.82) is 0 Å². The lowest BCUT2D eigenvalue weighted by Crippen LogP contribution is -2.68. The van der Waals surface area contributed by atoms with Crippen molar-refractivity contribution in [3.8, 4) is 0 Å². The zero-order valence-corrected chi connectivity index (χ0v) is 28.5. The fourth-order valence-electron chi connectivity index (χ4n) is 7.67. The summed E-state index contributed by atoms with van der Waals surface area (Å²) in [5, 5.41) is 10.4. The number of aromatic nitrogens is 5. The Morgan fingerprint density at radius 3 is 2.30 bits per heavy atom. The van der Waals surface area contributed by atoms with Crippen molar-refractivity contribution in [2.45, 2.75) is 70.6 Å². The maximum Gasteiger partial charge on any atom is 0.261 e. The normalized spacial score (nSPS) is 19.5. The third-order valence-corrected chi connectivity index (χ3v) is 15.0. The molecular formula is C36H41N9OSi. The highest BCUT2D eigenvalue weighted by molar-refractivity contribution is 6.99. The number of aryl methyl sites for hydroxylation is 1. The van der Waals surface area contributed by atoms with E-state index in [1.807, 2.05) is 18.5 Å². The van der Waals surface area contributed by atoms with Gasteiger partial charge in [-0.25, -0.2) is 14.5 Å². The van der Waals surface area contributed by atoms with Gasteiger partial charge in [0, 0.05) is 18.7 Å². The maximum absolute atomic E-state index is 7.54.